The maximum absolute atomic E-state index is 12.3. The second kappa shape index (κ2) is 5.72. The van der Waals surface area contributed by atoms with E-state index >= 15 is 0 Å². The molecule has 2 heterocycles. The van der Waals surface area contributed by atoms with E-state index in [4.69, 9.17) is 9.47 Å². The molecule has 6 nitrogen and oxygen atoms in total. The number of nitrogens with one attached hydrogen (secondary N) is 2. The minimum absolute atomic E-state index is 0.300. The van der Waals surface area contributed by atoms with E-state index in [-0.39, 0.29) is 5.91 Å². The van der Waals surface area contributed by atoms with E-state index in [1.54, 1.807) is 11.8 Å². The summed E-state index contributed by atoms with van der Waals surface area (Å²) in [5.41, 5.74) is -0.215. The van der Waals surface area contributed by atoms with E-state index in [0.29, 0.717) is 31.1 Å². The molecule has 1 saturated heterocycles. The molecule has 1 aromatic rings. The van der Waals surface area contributed by atoms with E-state index in [1.807, 2.05) is 26.0 Å². The van der Waals surface area contributed by atoms with Gasteiger partial charge in [-0.3, -0.25) is 10.1 Å². The van der Waals surface area contributed by atoms with Crippen LogP contribution in [-0.2, 0) is 10.3 Å². The normalized spacial score (nSPS) is 23.0. The molecule has 2 aliphatic heterocycles. The summed E-state index contributed by atoms with van der Waals surface area (Å²) in [5.74, 6) is 1.71. The van der Waals surface area contributed by atoms with Crippen LogP contribution in [0.2, 0.25) is 0 Å². The fourth-order valence-electron chi connectivity index (χ4n) is 2.84. The molecule has 0 saturated carbocycles. The Bertz CT molecular complexity index is 634. The van der Waals surface area contributed by atoms with Gasteiger partial charge in [0.05, 0.1) is 13.2 Å². The number of hydrogen-bond acceptors (Lipinski definition) is 5. The molecule has 3 rings (SSSR count). The third-order valence-corrected chi connectivity index (χ3v) is 4.84. The van der Waals surface area contributed by atoms with Crippen molar-refractivity contribution in [3.8, 4) is 11.5 Å². The van der Waals surface area contributed by atoms with E-state index < -0.39 is 11.6 Å². The number of imide groups is 1. The van der Waals surface area contributed by atoms with Gasteiger partial charge in [0.25, 0.3) is 5.91 Å². The summed E-state index contributed by atoms with van der Waals surface area (Å²) in [5, 5.41) is 5.13. The zero-order valence-electron chi connectivity index (χ0n) is 12.5. The van der Waals surface area contributed by atoms with Crippen molar-refractivity contribution in [2.45, 2.75) is 30.7 Å². The first-order chi connectivity index (χ1) is 10.6. The van der Waals surface area contributed by atoms with Crippen molar-refractivity contribution < 1.29 is 19.1 Å². The Balaban J connectivity index is 2.12. The van der Waals surface area contributed by atoms with Gasteiger partial charge in [0, 0.05) is 16.2 Å². The lowest BCUT2D eigenvalue weighted by molar-refractivity contribution is -0.124. The molecule has 3 amide bonds. The third kappa shape index (κ3) is 2.29. The molecule has 0 radical (unpaired) electrons. The van der Waals surface area contributed by atoms with Gasteiger partial charge in [0.2, 0.25) is 0 Å². The molecule has 1 atom stereocenters. The lowest BCUT2D eigenvalue weighted by atomic mass is 9.86. The lowest BCUT2D eigenvalue weighted by Crippen LogP contribution is -2.46. The summed E-state index contributed by atoms with van der Waals surface area (Å²) >= 11 is 1.65. The largest absolute Gasteiger partial charge is 0.490 e. The smallest absolute Gasteiger partial charge is 0.322 e. The Morgan fingerprint density at radius 2 is 1.86 bits per heavy atom. The standard InChI is InChI=1S/C15H18N2O4S/c1-3-20-10-7-9-12(8-11(10)21-4-2)22-6-5-15(9)13(18)16-14(19)17-15/h7-8H,3-6H2,1-2H3,(H2,16,17,18,19). The molecule has 2 N–H and O–H groups in total. The highest BCUT2D eigenvalue weighted by atomic mass is 32.2. The van der Waals surface area contributed by atoms with Crippen LogP contribution < -0.4 is 20.1 Å². The molecule has 0 bridgehead atoms. The van der Waals surface area contributed by atoms with Gasteiger partial charge in [-0.25, -0.2) is 4.79 Å². The van der Waals surface area contributed by atoms with Crippen LogP contribution in [0.15, 0.2) is 17.0 Å². The Morgan fingerprint density at radius 1 is 1.18 bits per heavy atom. The van der Waals surface area contributed by atoms with E-state index in [1.165, 1.54) is 0 Å². The minimum Gasteiger partial charge on any atom is -0.490 e. The van der Waals surface area contributed by atoms with Crippen LogP contribution in [0.1, 0.15) is 25.8 Å². The second-order valence-corrected chi connectivity index (χ2v) is 6.21. The molecule has 118 valence electrons. The van der Waals surface area contributed by atoms with Crippen molar-refractivity contribution >= 4 is 23.7 Å². The number of carbonyl (C=O) groups excluding carboxylic acids is 2. The van der Waals surface area contributed by atoms with Crippen molar-refractivity contribution in [1.29, 1.82) is 0 Å². The number of thioether (sulfide) groups is 1. The van der Waals surface area contributed by atoms with Gasteiger partial charge in [-0.2, -0.15) is 0 Å². The topological polar surface area (TPSA) is 76.7 Å². The Hall–Kier alpha value is -1.89. The van der Waals surface area contributed by atoms with Crippen molar-refractivity contribution in [3.05, 3.63) is 17.7 Å². The Kier molecular flexibility index (Phi) is 3.90. The predicted molar refractivity (Wildman–Crippen MR) is 82.5 cm³/mol. The summed E-state index contributed by atoms with van der Waals surface area (Å²) < 4.78 is 11.3. The van der Waals surface area contributed by atoms with Crippen LogP contribution >= 0.6 is 11.8 Å². The molecule has 7 heteroatoms. The van der Waals surface area contributed by atoms with E-state index in [9.17, 15) is 9.59 Å². The highest BCUT2D eigenvalue weighted by Gasteiger charge is 2.50. The van der Waals surface area contributed by atoms with Crippen LogP contribution in [0.4, 0.5) is 4.79 Å². The van der Waals surface area contributed by atoms with Crippen molar-refractivity contribution in [2.24, 2.45) is 0 Å². The monoisotopic (exact) mass is 322 g/mol. The van der Waals surface area contributed by atoms with E-state index in [0.717, 1.165) is 16.2 Å². The fourth-order valence-corrected chi connectivity index (χ4v) is 4.04. The van der Waals surface area contributed by atoms with Crippen LogP contribution in [0.3, 0.4) is 0 Å². The first kappa shape index (κ1) is 15.0. The van der Waals surface area contributed by atoms with Gasteiger partial charge in [-0.15, -0.1) is 11.8 Å². The van der Waals surface area contributed by atoms with Gasteiger partial charge in [0.15, 0.2) is 11.5 Å². The zero-order valence-corrected chi connectivity index (χ0v) is 13.3. The molecular weight excluding hydrogens is 304 g/mol. The van der Waals surface area contributed by atoms with Gasteiger partial charge in [-0.05, 0) is 32.4 Å². The van der Waals surface area contributed by atoms with Crippen LogP contribution in [-0.4, -0.2) is 30.9 Å². The maximum Gasteiger partial charge on any atom is 0.322 e. The quantitative estimate of drug-likeness (QED) is 0.829. The summed E-state index contributed by atoms with van der Waals surface area (Å²) in [6, 6.07) is 3.27. The van der Waals surface area contributed by atoms with Gasteiger partial charge >= 0.3 is 6.03 Å². The minimum atomic E-state index is -0.992. The second-order valence-electron chi connectivity index (χ2n) is 5.07. The highest BCUT2D eigenvalue weighted by Crippen LogP contribution is 2.46. The average Bonchev–Trinajstić information content (AvgIpc) is 2.76. The zero-order chi connectivity index (χ0) is 15.7. The molecule has 1 unspecified atom stereocenters. The summed E-state index contributed by atoms with van der Waals surface area (Å²) in [4.78, 5) is 24.9. The number of rotatable bonds is 4. The summed E-state index contributed by atoms with van der Waals surface area (Å²) in [6.07, 6.45) is 0.557. The molecule has 0 aromatic heterocycles. The van der Waals surface area contributed by atoms with Crippen LogP contribution in [0, 0.1) is 0 Å². The van der Waals surface area contributed by atoms with Gasteiger partial charge in [-0.1, -0.05) is 0 Å². The molecular formula is C15H18N2O4S. The predicted octanol–water partition coefficient (Wildman–Crippen LogP) is 2.01. The van der Waals surface area contributed by atoms with Crippen molar-refractivity contribution in [2.75, 3.05) is 19.0 Å². The molecule has 2 aliphatic rings. The Morgan fingerprint density at radius 3 is 2.45 bits per heavy atom. The Labute approximate surface area is 132 Å². The average molecular weight is 322 g/mol. The number of ether oxygens (including phenoxy) is 2. The first-order valence-corrected chi connectivity index (χ1v) is 8.29. The molecule has 0 aliphatic carbocycles. The maximum atomic E-state index is 12.3. The molecule has 22 heavy (non-hydrogen) atoms. The van der Waals surface area contributed by atoms with Crippen molar-refractivity contribution in [1.82, 2.24) is 10.6 Å². The highest BCUT2D eigenvalue weighted by molar-refractivity contribution is 7.99. The molecule has 1 aromatic carbocycles. The lowest BCUT2D eigenvalue weighted by Gasteiger charge is -2.33. The van der Waals surface area contributed by atoms with Gasteiger partial charge < -0.3 is 14.8 Å². The number of urea groups is 1. The number of fused-ring (bicyclic) bond motifs is 2. The summed E-state index contributed by atoms with van der Waals surface area (Å²) in [6.45, 7) is 4.83. The van der Waals surface area contributed by atoms with E-state index in [2.05, 4.69) is 10.6 Å². The number of amides is 3. The third-order valence-electron chi connectivity index (χ3n) is 3.78. The van der Waals surface area contributed by atoms with Crippen LogP contribution in [0.5, 0.6) is 11.5 Å². The molecule has 1 fully saturated rings. The van der Waals surface area contributed by atoms with Crippen LogP contribution in [0.25, 0.3) is 0 Å². The summed E-state index contributed by atoms with van der Waals surface area (Å²) in [7, 11) is 0. The number of hydrogen-bond donors (Lipinski definition) is 2. The first-order valence-electron chi connectivity index (χ1n) is 7.31. The fraction of sp³-hybridized carbons (Fsp3) is 0.467. The molecule has 1 spiro atoms. The van der Waals surface area contributed by atoms with Crippen molar-refractivity contribution in [3.63, 3.8) is 0 Å². The number of benzene rings is 1. The SMILES string of the molecule is CCOc1cc2c(cc1OCC)C1(CCS2)NC(=O)NC1=O. The van der Waals surface area contributed by atoms with Gasteiger partial charge in [0.1, 0.15) is 5.54 Å². The number of carbonyl (C=O) groups is 2.